The molecule has 188 valence electrons. The number of anilines is 1. The summed E-state index contributed by atoms with van der Waals surface area (Å²) in [5, 5.41) is 23.9. The summed E-state index contributed by atoms with van der Waals surface area (Å²) in [5.74, 6) is -0.544. The van der Waals surface area contributed by atoms with Gasteiger partial charge in [0.2, 0.25) is 5.95 Å². The van der Waals surface area contributed by atoms with Gasteiger partial charge in [0.25, 0.3) is 15.6 Å². The number of phosphoric ester groups is 1. The molecule has 2 aromatic rings. The molecule has 1 aliphatic rings. The van der Waals surface area contributed by atoms with Gasteiger partial charge in [-0.05, 0) is 10.6 Å². The Hall–Kier alpha value is -0.0500. The third-order valence-corrected chi connectivity index (χ3v) is 7.73. The summed E-state index contributed by atoms with van der Waals surface area (Å²) in [7, 11) is -17.6. The number of hydrogen-bond acceptors (Lipinski definition) is 16. The fraction of sp³-hybridized carbons (Fsp3) is 0.500. The maximum Gasteiger partial charge on any atom is 1.00 e. The molecular formula is C10H13N8Na2O13P3. The number of ether oxygens (including phenoxy) is 1. The van der Waals surface area contributed by atoms with Crippen LogP contribution in [0, 0.1) is 0 Å². The van der Waals surface area contributed by atoms with Crippen molar-refractivity contribution >= 4 is 46.4 Å². The van der Waals surface area contributed by atoms with Crippen LogP contribution in [0.5, 0.6) is 0 Å². The van der Waals surface area contributed by atoms with E-state index in [0.29, 0.717) is 0 Å². The fourth-order valence-electron chi connectivity index (χ4n) is 2.80. The van der Waals surface area contributed by atoms with Gasteiger partial charge in [0.05, 0.1) is 6.61 Å². The van der Waals surface area contributed by atoms with Crippen LogP contribution in [0.2, 0.25) is 0 Å². The zero-order valence-corrected chi connectivity index (χ0v) is 24.8. The van der Waals surface area contributed by atoms with Crippen LogP contribution >= 0.6 is 23.5 Å². The van der Waals surface area contributed by atoms with Crippen molar-refractivity contribution in [3.8, 4) is 0 Å². The second kappa shape index (κ2) is 12.9. The van der Waals surface area contributed by atoms with Gasteiger partial charge in [-0.2, -0.15) is 0 Å². The van der Waals surface area contributed by atoms with Gasteiger partial charge in [-0.25, -0.2) is 28.1 Å². The fourth-order valence-corrected chi connectivity index (χ4v) is 5.72. The molecule has 0 aromatic carbocycles. The quantitative estimate of drug-likeness (QED) is 0.0593. The molecule has 0 radical (unpaired) electrons. The molecule has 6 N–H and O–H groups in total. The van der Waals surface area contributed by atoms with Gasteiger partial charge in [0.15, 0.2) is 23.2 Å². The zero-order valence-electron chi connectivity index (χ0n) is 18.1. The molecule has 2 unspecified atom stereocenters. The van der Waals surface area contributed by atoms with Gasteiger partial charge in [-0.3, -0.25) is 13.7 Å². The molecule has 3 heterocycles. The Labute approximate surface area is 243 Å². The Balaban J connectivity index is 0.00000324. The Bertz CT molecular complexity index is 1290. The van der Waals surface area contributed by atoms with Crippen molar-refractivity contribution in [2.45, 2.75) is 24.5 Å². The summed E-state index contributed by atoms with van der Waals surface area (Å²) in [4.78, 5) is 54.0. The van der Waals surface area contributed by atoms with Crippen molar-refractivity contribution in [2.24, 2.45) is 5.11 Å². The van der Waals surface area contributed by atoms with Crippen molar-refractivity contribution in [3.05, 3.63) is 16.8 Å². The Morgan fingerprint density at radius 2 is 1.81 bits per heavy atom. The molecule has 3 rings (SSSR count). The van der Waals surface area contributed by atoms with Gasteiger partial charge >= 0.3 is 66.9 Å². The smallest absolute Gasteiger partial charge is 0.756 e. The topological polar surface area (TPSA) is 334 Å². The van der Waals surface area contributed by atoms with Crippen molar-refractivity contribution in [1.29, 1.82) is 0 Å². The average Bonchev–Trinajstić information content (AvgIpc) is 3.16. The molecule has 0 aliphatic carbocycles. The number of nitrogens with two attached hydrogens (primary N) is 1. The number of imidazole rings is 1. The van der Waals surface area contributed by atoms with E-state index in [2.05, 4.69) is 38.1 Å². The first kappa shape index (κ1) is 34.0. The van der Waals surface area contributed by atoms with E-state index in [-0.39, 0.29) is 76.1 Å². The summed E-state index contributed by atoms with van der Waals surface area (Å²) < 4.78 is 50.9. The van der Waals surface area contributed by atoms with E-state index >= 15 is 0 Å². The first-order valence-electron chi connectivity index (χ1n) is 8.44. The van der Waals surface area contributed by atoms with Crippen LogP contribution < -0.4 is 74.6 Å². The SMILES string of the molecule is [N-]=[N+]=Nc1nc2c(N)ncnc2n1[C@@H]1O[C@H](COP(=O)([O-])OP(=O)([O-])OP(=O)(O)O)[C@@H](O)[C@H]1O.[Na+].[Na+]. The first-order chi connectivity index (χ1) is 15.6. The van der Waals surface area contributed by atoms with Crippen LogP contribution in [0.25, 0.3) is 21.6 Å². The third kappa shape index (κ3) is 8.22. The number of azide groups is 1. The molecule has 0 saturated carbocycles. The minimum Gasteiger partial charge on any atom is -0.756 e. The van der Waals surface area contributed by atoms with E-state index in [4.69, 9.17) is 25.8 Å². The van der Waals surface area contributed by atoms with Crippen molar-refractivity contribution in [2.75, 3.05) is 12.3 Å². The molecule has 1 saturated heterocycles. The molecule has 36 heavy (non-hydrogen) atoms. The molecule has 6 atom stereocenters. The number of aliphatic hydroxyl groups excluding tert-OH is 2. The molecule has 21 nitrogen and oxygen atoms in total. The number of nitrogens with zero attached hydrogens (tertiary/aromatic N) is 7. The standard InChI is InChI=1S/C10H15N8O13P3.2Na/c11-7-4-8(14-2-13-7)18(10(15-4)16-17-12)9-6(20)5(19)3(29-9)1-28-33(24,25)31-34(26,27)30-32(21,22)23;;/h2-3,5-6,9,19-20H,1H2,(H,24,25)(H,26,27)(H2,11,13,14)(H2,21,22,23);;/q;2*+1/p-2/t3-,5-,6-,9-;;/m1../s1. The number of hydrogen-bond donors (Lipinski definition) is 5. The first-order valence-corrected chi connectivity index (χ1v) is 12.9. The molecule has 1 fully saturated rings. The monoisotopic (exact) mass is 592 g/mol. The number of nitrogen functional groups attached to an aromatic ring is 1. The largest absolute Gasteiger partial charge is 1.00 e. The third-order valence-electron chi connectivity index (χ3n) is 4.02. The normalized spacial score (nSPS) is 25.2. The van der Waals surface area contributed by atoms with E-state index in [1.807, 2.05) is 0 Å². The molecule has 26 heteroatoms. The Kier molecular flexibility index (Phi) is 12.1. The van der Waals surface area contributed by atoms with E-state index in [1.165, 1.54) is 0 Å². The van der Waals surface area contributed by atoms with E-state index in [1.54, 1.807) is 0 Å². The van der Waals surface area contributed by atoms with Crippen LogP contribution in [-0.4, -0.2) is 64.4 Å². The Morgan fingerprint density at radius 3 is 2.39 bits per heavy atom. The summed E-state index contributed by atoms with van der Waals surface area (Å²) in [6, 6.07) is 0. The predicted octanol–water partition coefficient (Wildman–Crippen LogP) is -7.94. The summed E-state index contributed by atoms with van der Waals surface area (Å²) in [6.45, 7) is -1.15. The second-order valence-electron chi connectivity index (χ2n) is 6.29. The predicted molar refractivity (Wildman–Crippen MR) is 99.8 cm³/mol. The molecule has 0 amide bonds. The number of rotatable bonds is 9. The van der Waals surface area contributed by atoms with Gasteiger partial charge in [-0.1, -0.05) is 0 Å². The average molecular weight is 592 g/mol. The van der Waals surface area contributed by atoms with Crippen molar-refractivity contribution in [3.63, 3.8) is 0 Å². The molecule has 1 aliphatic heterocycles. The second-order valence-corrected chi connectivity index (χ2v) is 10.6. The van der Waals surface area contributed by atoms with Crippen molar-refractivity contribution in [1.82, 2.24) is 19.5 Å². The van der Waals surface area contributed by atoms with Crippen LogP contribution in [0.3, 0.4) is 0 Å². The maximum atomic E-state index is 11.7. The number of phosphoric acid groups is 3. The number of aliphatic hydroxyl groups is 2. The van der Waals surface area contributed by atoms with Crippen molar-refractivity contribution < 1.29 is 120 Å². The minimum atomic E-state index is -6.07. The van der Waals surface area contributed by atoms with Crippen LogP contribution in [-0.2, 0) is 31.6 Å². The number of fused-ring (bicyclic) bond motifs is 1. The van der Waals surface area contributed by atoms with Crippen LogP contribution in [0.4, 0.5) is 11.8 Å². The van der Waals surface area contributed by atoms with Gasteiger partial charge in [0, 0.05) is 4.91 Å². The molecule has 0 spiro atoms. The summed E-state index contributed by atoms with van der Waals surface area (Å²) in [5.41, 5.74) is 14.3. The summed E-state index contributed by atoms with van der Waals surface area (Å²) >= 11 is 0. The van der Waals surface area contributed by atoms with Crippen LogP contribution in [0.1, 0.15) is 6.23 Å². The minimum absolute atomic E-state index is 0. The van der Waals surface area contributed by atoms with E-state index in [0.717, 1.165) is 10.9 Å². The molecule has 0 bridgehead atoms. The zero-order chi connectivity index (χ0) is 25.5. The summed E-state index contributed by atoms with van der Waals surface area (Å²) in [6.07, 6.45) is -5.90. The van der Waals surface area contributed by atoms with Gasteiger partial charge in [0.1, 0.15) is 24.6 Å². The molecular weight excluding hydrogens is 579 g/mol. The van der Waals surface area contributed by atoms with Gasteiger partial charge < -0.3 is 44.8 Å². The van der Waals surface area contributed by atoms with Crippen LogP contribution in [0.15, 0.2) is 11.4 Å². The van der Waals surface area contributed by atoms with Gasteiger partial charge in [-0.15, -0.1) is 0 Å². The number of aromatic nitrogens is 4. The van der Waals surface area contributed by atoms with E-state index in [9.17, 15) is 33.7 Å². The Morgan fingerprint density at radius 1 is 1.17 bits per heavy atom. The van der Waals surface area contributed by atoms with E-state index < -0.39 is 60.6 Å². The molecule has 2 aromatic heterocycles. The maximum absolute atomic E-state index is 11.7.